The molecule has 3 aliphatic rings. The van der Waals surface area contributed by atoms with Gasteiger partial charge in [-0.05, 0) is 47.8 Å². The minimum atomic E-state index is -1.57. The maximum atomic E-state index is 3.53. The Morgan fingerprint density at radius 1 is 1.11 bits per heavy atom. The molecule has 0 aromatic heterocycles. The van der Waals surface area contributed by atoms with Crippen LogP contribution in [0.4, 0.5) is 0 Å². The Labute approximate surface area is 166 Å². The Hall–Kier alpha value is -1.20. The summed E-state index contributed by atoms with van der Waals surface area (Å²) < 4.78 is 2.74. The summed E-state index contributed by atoms with van der Waals surface area (Å²) in [6.45, 7) is 12.8. The van der Waals surface area contributed by atoms with E-state index in [-0.39, 0.29) is 0 Å². The number of nitrogens with one attached hydrogen (secondary N) is 2. The number of hydrogen-bond acceptors (Lipinski definition) is 3. The molecule has 1 aliphatic heterocycles. The predicted molar refractivity (Wildman–Crippen MR) is 118 cm³/mol. The average molecular weight is 382 g/mol. The lowest BCUT2D eigenvalue weighted by molar-refractivity contribution is 0.278. The van der Waals surface area contributed by atoms with Gasteiger partial charge >= 0.3 is 0 Å². The predicted octanol–water partition coefficient (Wildman–Crippen LogP) is 4.55. The van der Waals surface area contributed by atoms with Crippen LogP contribution in [-0.4, -0.2) is 32.8 Å². The van der Waals surface area contributed by atoms with Crippen molar-refractivity contribution in [1.82, 2.24) is 15.2 Å². The third-order valence-electron chi connectivity index (χ3n) is 7.35. The molecule has 1 saturated heterocycles. The number of allylic oxidation sites excluding steroid dienone is 4. The largest absolute Gasteiger partial charge is 0.299 e. The van der Waals surface area contributed by atoms with Crippen LogP contribution in [0, 0.1) is 24.7 Å². The highest BCUT2D eigenvalue weighted by Gasteiger charge is 2.52. The molecule has 1 heterocycles. The number of fused-ring (bicyclic) bond motifs is 1. The first-order chi connectivity index (χ1) is 13.0. The van der Waals surface area contributed by atoms with Gasteiger partial charge in [0.2, 0.25) is 0 Å². The zero-order chi connectivity index (χ0) is 19.0. The molecule has 4 unspecified atom stereocenters. The molecule has 4 atom stereocenters. The van der Waals surface area contributed by atoms with Gasteiger partial charge in [0, 0.05) is 20.0 Å². The fraction of sp³-hybridized carbons (Fsp3) is 0.565. The van der Waals surface area contributed by atoms with Crippen LogP contribution in [0.15, 0.2) is 42.5 Å². The van der Waals surface area contributed by atoms with E-state index < -0.39 is 8.24 Å². The van der Waals surface area contributed by atoms with Gasteiger partial charge in [-0.2, -0.15) is 0 Å². The highest BCUT2D eigenvalue weighted by Crippen LogP contribution is 2.57. The van der Waals surface area contributed by atoms with Crippen molar-refractivity contribution in [2.75, 3.05) is 20.0 Å². The molecule has 0 radical (unpaired) electrons. The molecule has 0 spiro atoms. The second kappa shape index (κ2) is 7.67. The molecule has 0 bridgehead atoms. The van der Waals surface area contributed by atoms with Crippen molar-refractivity contribution >= 4 is 13.8 Å². The van der Waals surface area contributed by atoms with Crippen LogP contribution in [-0.2, 0) is 0 Å². The molecule has 1 saturated carbocycles. The van der Waals surface area contributed by atoms with Gasteiger partial charge in [0.05, 0.1) is 0 Å². The molecule has 2 N–H and O–H groups in total. The van der Waals surface area contributed by atoms with Crippen molar-refractivity contribution in [1.29, 1.82) is 0 Å². The molecule has 27 heavy (non-hydrogen) atoms. The van der Waals surface area contributed by atoms with Crippen LogP contribution >= 0.6 is 0 Å². The molecule has 2 aliphatic carbocycles. The topological polar surface area (TPSA) is 27.3 Å². The first kappa shape index (κ1) is 19.1. The van der Waals surface area contributed by atoms with E-state index in [0.29, 0.717) is 11.8 Å². The van der Waals surface area contributed by atoms with E-state index >= 15 is 0 Å². The lowest BCUT2D eigenvalue weighted by Crippen LogP contribution is -2.63. The number of nitrogens with zero attached hydrogens (tertiary/aromatic N) is 1. The maximum absolute atomic E-state index is 3.53. The van der Waals surface area contributed by atoms with Crippen LogP contribution in [0.25, 0.3) is 5.57 Å². The molecular formula is C23H35N3Si. The summed E-state index contributed by atoms with van der Waals surface area (Å²) in [6, 6.07) is 9.17. The Morgan fingerprint density at radius 3 is 2.48 bits per heavy atom. The Bertz CT molecular complexity index is 716. The van der Waals surface area contributed by atoms with Crippen LogP contribution in [0.5, 0.6) is 0 Å². The highest BCUT2D eigenvalue weighted by atomic mass is 28.3. The third-order valence-corrected chi connectivity index (χ3v) is 11.8. The van der Waals surface area contributed by atoms with Gasteiger partial charge in [-0.25, -0.2) is 0 Å². The molecule has 0 amide bonds. The van der Waals surface area contributed by atoms with Gasteiger partial charge in [-0.15, -0.1) is 0 Å². The lowest BCUT2D eigenvalue weighted by atomic mass is 9.81. The fourth-order valence-electron chi connectivity index (χ4n) is 5.86. The minimum Gasteiger partial charge on any atom is -0.299 e. The molecule has 1 aromatic carbocycles. The summed E-state index contributed by atoms with van der Waals surface area (Å²) in [5.41, 5.74) is 5.16. The monoisotopic (exact) mass is 381 g/mol. The number of aryl methyl sites for hydroxylation is 1. The van der Waals surface area contributed by atoms with Gasteiger partial charge in [-0.3, -0.25) is 15.2 Å². The van der Waals surface area contributed by atoms with E-state index in [1.165, 1.54) is 24.0 Å². The Kier molecular flexibility index (Phi) is 5.43. The van der Waals surface area contributed by atoms with Gasteiger partial charge in [0.15, 0.2) is 0 Å². The summed E-state index contributed by atoms with van der Waals surface area (Å²) in [6.07, 6.45) is 9.93. The van der Waals surface area contributed by atoms with Crippen molar-refractivity contribution in [2.24, 2.45) is 17.8 Å². The van der Waals surface area contributed by atoms with E-state index in [4.69, 9.17) is 0 Å². The maximum Gasteiger partial charge on any atom is 0.129 e. The summed E-state index contributed by atoms with van der Waals surface area (Å²) in [4.78, 5) is 0. The SMILES string of the molecule is CCC1CC2C(c3ccc(C)cc3)=CC=CC2C1[Si](C)(C)N1CNCNC1. The third kappa shape index (κ3) is 3.49. The quantitative estimate of drug-likeness (QED) is 0.749. The van der Waals surface area contributed by atoms with Crippen molar-refractivity contribution in [3.8, 4) is 0 Å². The fourth-order valence-corrected chi connectivity index (χ4v) is 10.1. The molecule has 4 heteroatoms. The van der Waals surface area contributed by atoms with E-state index in [0.717, 1.165) is 31.5 Å². The van der Waals surface area contributed by atoms with E-state index in [1.54, 1.807) is 5.57 Å². The number of benzene rings is 1. The van der Waals surface area contributed by atoms with Crippen molar-refractivity contribution < 1.29 is 0 Å². The van der Waals surface area contributed by atoms with Gasteiger partial charge in [0.25, 0.3) is 0 Å². The van der Waals surface area contributed by atoms with Crippen molar-refractivity contribution in [3.63, 3.8) is 0 Å². The molecule has 2 fully saturated rings. The van der Waals surface area contributed by atoms with Crippen LogP contribution < -0.4 is 10.6 Å². The van der Waals surface area contributed by atoms with Crippen LogP contribution in [0.3, 0.4) is 0 Å². The zero-order valence-electron chi connectivity index (χ0n) is 17.3. The van der Waals surface area contributed by atoms with Crippen LogP contribution in [0.1, 0.15) is 30.9 Å². The van der Waals surface area contributed by atoms with Gasteiger partial charge < -0.3 is 0 Å². The molecule has 4 rings (SSSR count). The second-order valence-electron chi connectivity index (χ2n) is 9.17. The minimum absolute atomic E-state index is 0.685. The van der Waals surface area contributed by atoms with E-state index in [1.807, 2.05) is 0 Å². The summed E-state index contributed by atoms with van der Waals surface area (Å²) in [7, 11) is -1.57. The molecule has 1 aromatic rings. The van der Waals surface area contributed by atoms with Gasteiger partial charge in [0.1, 0.15) is 8.24 Å². The second-order valence-corrected chi connectivity index (χ2v) is 13.8. The molecular weight excluding hydrogens is 346 g/mol. The smallest absolute Gasteiger partial charge is 0.129 e. The average Bonchev–Trinajstić information content (AvgIpc) is 3.09. The standard InChI is InChI=1S/C23H35N3Si/c1-5-18-13-22-20(19-11-9-17(2)10-12-19)7-6-8-21(22)23(18)27(3,4)26-15-24-14-25-16-26/h6-12,18,21-25H,5,13-16H2,1-4H3. The summed E-state index contributed by atoms with van der Waals surface area (Å²) in [5.74, 6) is 2.21. The zero-order valence-corrected chi connectivity index (χ0v) is 18.3. The van der Waals surface area contributed by atoms with Crippen molar-refractivity contribution in [2.45, 2.75) is 45.3 Å². The van der Waals surface area contributed by atoms with E-state index in [2.05, 4.69) is 84.6 Å². The molecule has 146 valence electrons. The Morgan fingerprint density at radius 2 is 1.81 bits per heavy atom. The summed E-state index contributed by atoms with van der Waals surface area (Å²) >= 11 is 0. The first-order valence-electron chi connectivity index (χ1n) is 10.6. The van der Waals surface area contributed by atoms with Crippen LogP contribution in [0.2, 0.25) is 18.6 Å². The van der Waals surface area contributed by atoms with Crippen molar-refractivity contribution in [3.05, 3.63) is 53.6 Å². The highest BCUT2D eigenvalue weighted by molar-refractivity contribution is 6.76. The number of hydrogen-bond donors (Lipinski definition) is 2. The normalized spacial score (nSPS) is 31.6. The summed E-state index contributed by atoms with van der Waals surface area (Å²) in [5, 5.41) is 7.06. The van der Waals surface area contributed by atoms with Gasteiger partial charge in [-0.1, -0.05) is 74.5 Å². The van der Waals surface area contributed by atoms with E-state index in [9.17, 15) is 0 Å². The Balaban J connectivity index is 1.64. The first-order valence-corrected chi connectivity index (χ1v) is 13.7. The lowest BCUT2D eigenvalue weighted by Gasteiger charge is -2.47. The molecule has 3 nitrogen and oxygen atoms in total. The number of rotatable bonds is 4.